The second-order valence-corrected chi connectivity index (χ2v) is 15.5. The highest BCUT2D eigenvalue weighted by atomic mass is 16.7. The van der Waals surface area contributed by atoms with Crippen molar-refractivity contribution in [2.24, 2.45) is 0 Å². The summed E-state index contributed by atoms with van der Waals surface area (Å²) in [5.41, 5.74) is 0.134. The third kappa shape index (κ3) is 13.3. The molecule has 0 aromatic heterocycles. The van der Waals surface area contributed by atoms with Gasteiger partial charge in [0.1, 0.15) is 72.8 Å². The van der Waals surface area contributed by atoms with E-state index in [0.29, 0.717) is 12.4 Å². The van der Waals surface area contributed by atoms with E-state index in [9.17, 15) is 50.1 Å². The molecule has 3 aliphatic rings. The summed E-state index contributed by atoms with van der Waals surface area (Å²) in [4.78, 5) is 38.0. The highest BCUT2D eigenvalue weighted by Crippen LogP contribution is 2.33. The summed E-state index contributed by atoms with van der Waals surface area (Å²) < 4.78 is 35.7. The van der Waals surface area contributed by atoms with E-state index in [1.165, 1.54) is 44.7 Å². The number of ether oxygens (including phenoxy) is 6. The van der Waals surface area contributed by atoms with Gasteiger partial charge in [0.05, 0.1) is 38.6 Å². The summed E-state index contributed by atoms with van der Waals surface area (Å²) in [5.74, 6) is -1.43. The minimum absolute atomic E-state index is 0.134. The summed E-state index contributed by atoms with van der Waals surface area (Å²) in [6.07, 6.45) is -5.98. The predicted molar refractivity (Wildman–Crippen MR) is 212 cm³/mol. The van der Waals surface area contributed by atoms with E-state index in [1.807, 2.05) is 0 Å². The third-order valence-electron chi connectivity index (χ3n) is 10.8. The number of carbonyl (C=O) groups is 3. The number of hydrogen-bond donors (Lipinski definition) is 10. The summed E-state index contributed by atoms with van der Waals surface area (Å²) in [5, 5.41) is 83.3. The van der Waals surface area contributed by atoms with Crippen LogP contribution in [-0.2, 0) is 33.3 Å². The van der Waals surface area contributed by atoms with E-state index in [4.69, 9.17) is 28.4 Å². The standard InChI is InChI=1S/C41H65N3O16/c1-5-6-7-8-9-10-11-12-13-17-55-26-16-14-15-25(18-26)39(54)44-31-34(51)33(50)27(19-45)57-40(31)60-38-29(21-47)58-41(32(36(38)53)43-24(4)49)59-37-28(20-46)56-22(2)30(35(37)52)42-23(3)48/h10-11,14-16,18,22,27-38,40-41,45-47,50-53H,5-9,12-13,17,19-21H2,1-4H3,(H,42,48)(H,43,49)(H,44,54)/b11-10-/t22-,27?,28?,29-,30+,31-,32?,33+,34+,35+,36?,37?,38+,40?,41?/m0/s1. The summed E-state index contributed by atoms with van der Waals surface area (Å²) >= 11 is 0. The highest BCUT2D eigenvalue weighted by Gasteiger charge is 2.54. The van der Waals surface area contributed by atoms with E-state index in [2.05, 4.69) is 35.0 Å². The number of aliphatic hydroxyl groups is 7. The Morgan fingerprint density at radius 2 is 1.23 bits per heavy atom. The maximum absolute atomic E-state index is 13.6. The van der Waals surface area contributed by atoms with Crippen molar-refractivity contribution in [2.75, 3.05) is 26.4 Å². The van der Waals surface area contributed by atoms with Crippen LogP contribution in [0.3, 0.4) is 0 Å². The Labute approximate surface area is 350 Å². The molecule has 60 heavy (non-hydrogen) atoms. The molecule has 340 valence electrons. The Morgan fingerprint density at radius 3 is 1.83 bits per heavy atom. The molecule has 0 spiro atoms. The fourth-order valence-electron chi connectivity index (χ4n) is 7.57. The van der Waals surface area contributed by atoms with Crippen LogP contribution in [0.15, 0.2) is 36.4 Å². The molecule has 1 aromatic rings. The van der Waals surface area contributed by atoms with Gasteiger partial charge in [0.2, 0.25) is 11.8 Å². The normalized spacial score (nSPS) is 34.5. The number of nitrogens with one attached hydrogen (secondary N) is 3. The van der Waals surface area contributed by atoms with Gasteiger partial charge in [-0.3, -0.25) is 14.4 Å². The van der Waals surface area contributed by atoms with Crippen molar-refractivity contribution in [1.29, 1.82) is 0 Å². The van der Waals surface area contributed by atoms with E-state index in [1.54, 1.807) is 19.1 Å². The lowest BCUT2D eigenvalue weighted by Gasteiger charge is -2.50. The summed E-state index contributed by atoms with van der Waals surface area (Å²) in [6, 6.07) is 2.33. The van der Waals surface area contributed by atoms with Crippen molar-refractivity contribution < 1.29 is 78.6 Å². The van der Waals surface area contributed by atoms with E-state index >= 15 is 0 Å². The van der Waals surface area contributed by atoms with Gasteiger partial charge in [0.25, 0.3) is 5.91 Å². The van der Waals surface area contributed by atoms with Gasteiger partial charge in [-0.25, -0.2) is 0 Å². The summed E-state index contributed by atoms with van der Waals surface area (Å²) in [6.45, 7) is 4.32. The van der Waals surface area contributed by atoms with Crippen LogP contribution in [0.2, 0.25) is 0 Å². The fourth-order valence-corrected chi connectivity index (χ4v) is 7.57. The largest absolute Gasteiger partial charge is 0.494 e. The van der Waals surface area contributed by atoms with Gasteiger partial charge >= 0.3 is 0 Å². The van der Waals surface area contributed by atoms with Gasteiger partial charge in [0, 0.05) is 19.4 Å². The number of hydrogen-bond acceptors (Lipinski definition) is 16. The van der Waals surface area contributed by atoms with Crippen molar-refractivity contribution in [1.82, 2.24) is 16.0 Å². The van der Waals surface area contributed by atoms with Gasteiger partial charge < -0.3 is 80.1 Å². The number of unbranched alkanes of at least 4 members (excludes halogenated alkanes) is 5. The SMILES string of the molecule is CCCCCC/C=C\CCCOc1cccc(C(=O)N[C@@H]2C(O[C@H]3C(O)C(NC(C)=O)C(OC4C(CO)O[C@@H](C)[C@@H](NC(C)=O)[C@H]4O)O[C@H]3CO)OC(CO)[C@@H](O)[C@@H]2O)c1. The first-order valence-corrected chi connectivity index (χ1v) is 20.8. The smallest absolute Gasteiger partial charge is 0.251 e. The van der Waals surface area contributed by atoms with Crippen LogP contribution in [-0.4, -0.2) is 172 Å². The number of amides is 3. The molecule has 1 aromatic carbocycles. The number of aliphatic hydroxyl groups excluding tert-OH is 7. The van der Waals surface area contributed by atoms with Crippen molar-refractivity contribution >= 4 is 17.7 Å². The molecule has 0 aliphatic carbocycles. The molecule has 19 heteroatoms. The molecule has 3 heterocycles. The Morgan fingerprint density at radius 1 is 0.683 bits per heavy atom. The molecule has 3 aliphatic heterocycles. The maximum Gasteiger partial charge on any atom is 0.251 e. The molecule has 15 atom stereocenters. The molecule has 0 bridgehead atoms. The van der Waals surface area contributed by atoms with Crippen LogP contribution in [0, 0.1) is 0 Å². The molecular formula is C41H65N3O16. The Kier molecular flexibility index (Phi) is 20.0. The topological polar surface area (TPSA) is 284 Å². The van der Waals surface area contributed by atoms with Gasteiger partial charge in [-0.2, -0.15) is 0 Å². The predicted octanol–water partition coefficient (Wildman–Crippen LogP) is -1.09. The lowest BCUT2D eigenvalue weighted by Crippen LogP contribution is -2.70. The van der Waals surface area contributed by atoms with Crippen LogP contribution in [0.1, 0.15) is 83.0 Å². The van der Waals surface area contributed by atoms with E-state index in [0.717, 1.165) is 26.2 Å². The minimum atomic E-state index is -1.78. The van der Waals surface area contributed by atoms with Gasteiger partial charge in [-0.05, 0) is 50.8 Å². The Bertz CT molecular complexity index is 1520. The van der Waals surface area contributed by atoms with Crippen molar-refractivity contribution in [3.05, 3.63) is 42.0 Å². The zero-order valence-corrected chi connectivity index (χ0v) is 34.7. The third-order valence-corrected chi connectivity index (χ3v) is 10.8. The van der Waals surface area contributed by atoms with E-state index < -0.39 is 129 Å². The van der Waals surface area contributed by atoms with Crippen molar-refractivity contribution in [2.45, 2.75) is 164 Å². The Hall–Kier alpha value is -3.31. The molecule has 7 unspecified atom stereocenters. The molecule has 4 rings (SSSR count). The molecule has 0 radical (unpaired) electrons. The van der Waals surface area contributed by atoms with Crippen LogP contribution in [0.4, 0.5) is 0 Å². The molecule has 19 nitrogen and oxygen atoms in total. The zero-order valence-electron chi connectivity index (χ0n) is 34.7. The maximum atomic E-state index is 13.6. The highest BCUT2D eigenvalue weighted by molar-refractivity contribution is 5.94. The average Bonchev–Trinajstić information content (AvgIpc) is 3.22. The average molecular weight is 856 g/mol. The quantitative estimate of drug-likeness (QED) is 0.0519. The molecule has 3 amide bonds. The van der Waals surface area contributed by atoms with Crippen LogP contribution < -0.4 is 20.7 Å². The van der Waals surface area contributed by atoms with Gasteiger partial charge in [-0.1, -0.05) is 44.4 Å². The number of benzene rings is 1. The Balaban J connectivity index is 1.49. The first-order valence-electron chi connectivity index (χ1n) is 20.8. The van der Waals surface area contributed by atoms with E-state index in [-0.39, 0.29) is 5.56 Å². The molecular weight excluding hydrogens is 790 g/mol. The number of allylic oxidation sites excluding steroid dienone is 2. The fraction of sp³-hybridized carbons (Fsp3) is 0.732. The lowest BCUT2D eigenvalue weighted by atomic mass is 9.92. The number of carbonyl (C=O) groups excluding carboxylic acids is 3. The molecule has 3 fully saturated rings. The molecule has 0 saturated carbocycles. The van der Waals surface area contributed by atoms with Gasteiger partial charge in [-0.15, -0.1) is 0 Å². The van der Waals surface area contributed by atoms with Crippen molar-refractivity contribution in [3.8, 4) is 5.75 Å². The first kappa shape index (κ1) is 49.3. The zero-order chi connectivity index (χ0) is 43.9. The lowest BCUT2D eigenvalue weighted by molar-refractivity contribution is -0.346. The first-order chi connectivity index (χ1) is 28.7. The molecule has 3 saturated heterocycles. The minimum Gasteiger partial charge on any atom is -0.494 e. The van der Waals surface area contributed by atoms with Crippen LogP contribution in [0.25, 0.3) is 0 Å². The monoisotopic (exact) mass is 855 g/mol. The second-order valence-electron chi connectivity index (χ2n) is 15.5. The molecule has 10 N–H and O–H groups in total. The second kappa shape index (κ2) is 24.4. The van der Waals surface area contributed by atoms with Crippen molar-refractivity contribution in [3.63, 3.8) is 0 Å². The van der Waals surface area contributed by atoms with Crippen LogP contribution >= 0.6 is 0 Å². The summed E-state index contributed by atoms with van der Waals surface area (Å²) in [7, 11) is 0. The number of rotatable bonds is 21. The van der Waals surface area contributed by atoms with Gasteiger partial charge in [0.15, 0.2) is 12.6 Å². The van der Waals surface area contributed by atoms with Crippen LogP contribution in [0.5, 0.6) is 5.75 Å².